The second-order valence-corrected chi connectivity index (χ2v) is 6.75. The summed E-state index contributed by atoms with van der Waals surface area (Å²) >= 11 is 7.61. The predicted molar refractivity (Wildman–Crippen MR) is 94.6 cm³/mol. The monoisotopic (exact) mass is 336 g/mol. The Labute approximate surface area is 140 Å². The molecule has 0 amide bonds. The first kappa shape index (κ1) is 16.8. The number of rotatable bonds is 5. The number of hydrogen-bond acceptors (Lipinski definition) is 3. The van der Waals surface area contributed by atoms with Crippen molar-refractivity contribution < 1.29 is 0 Å². The van der Waals surface area contributed by atoms with Gasteiger partial charge in [0, 0.05) is 36.2 Å². The van der Waals surface area contributed by atoms with E-state index in [-0.39, 0.29) is 0 Å². The summed E-state index contributed by atoms with van der Waals surface area (Å²) in [5.74, 6) is 0.892. The largest absolute Gasteiger partial charge is 0.357 e. The highest BCUT2D eigenvalue weighted by molar-refractivity contribution is 7.11. The highest BCUT2D eigenvalue weighted by Gasteiger charge is 2.07. The molecule has 1 aromatic heterocycles. The Hall–Kier alpha value is -1.59. The Morgan fingerprint density at radius 2 is 2.09 bits per heavy atom. The number of benzene rings is 1. The molecule has 2 rings (SSSR count). The highest BCUT2D eigenvalue weighted by atomic mass is 35.5. The van der Waals surface area contributed by atoms with Gasteiger partial charge in [0.2, 0.25) is 0 Å². The van der Waals surface area contributed by atoms with Crippen molar-refractivity contribution in [3.05, 3.63) is 50.9 Å². The van der Waals surface area contributed by atoms with Crippen molar-refractivity contribution in [2.45, 2.75) is 26.9 Å². The minimum atomic E-state index is 0.652. The lowest BCUT2D eigenvalue weighted by molar-refractivity contribution is 0.477. The van der Waals surface area contributed by atoms with Gasteiger partial charge in [-0.2, -0.15) is 0 Å². The minimum absolute atomic E-state index is 0.652. The molecule has 1 N–H and O–H groups in total. The third-order valence-electron chi connectivity index (χ3n) is 3.08. The van der Waals surface area contributed by atoms with Gasteiger partial charge in [-0.1, -0.05) is 23.7 Å². The number of nitrogens with one attached hydrogen (secondary N) is 1. The first-order chi connectivity index (χ1) is 10.6. The predicted octanol–water partition coefficient (Wildman–Crippen LogP) is 3.70. The Balaban J connectivity index is 2.03. The molecule has 2 aromatic rings. The van der Waals surface area contributed by atoms with Crippen LogP contribution in [0.1, 0.15) is 22.4 Å². The van der Waals surface area contributed by atoms with Gasteiger partial charge in [-0.25, -0.2) is 9.98 Å². The van der Waals surface area contributed by atoms with Crippen LogP contribution < -0.4 is 5.32 Å². The minimum Gasteiger partial charge on any atom is -0.357 e. The average Bonchev–Trinajstić information content (AvgIpc) is 2.91. The van der Waals surface area contributed by atoms with Crippen molar-refractivity contribution in [2.24, 2.45) is 4.99 Å². The molecule has 0 fully saturated rings. The second kappa shape index (κ2) is 8.15. The van der Waals surface area contributed by atoms with Crippen LogP contribution in [0.2, 0.25) is 5.02 Å². The smallest absolute Gasteiger partial charge is 0.194 e. The van der Waals surface area contributed by atoms with Gasteiger partial charge in [0.25, 0.3) is 0 Å². The lowest BCUT2D eigenvalue weighted by atomic mass is 10.2. The van der Waals surface area contributed by atoms with Crippen molar-refractivity contribution in [2.75, 3.05) is 13.6 Å². The fourth-order valence-electron chi connectivity index (χ4n) is 2.04. The van der Waals surface area contributed by atoms with Gasteiger partial charge >= 0.3 is 0 Å². The van der Waals surface area contributed by atoms with Gasteiger partial charge in [-0.05, 0) is 31.5 Å². The summed E-state index contributed by atoms with van der Waals surface area (Å²) < 4.78 is 0. The number of aromatic nitrogens is 1. The van der Waals surface area contributed by atoms with Crippen LogP contribution >= 0.6 is 22.9 Å². The van der Waals surface area contributed by atoms with Gasteiger partial charge in [-0.3, -0.25) is 0 Å². The number of halogens is 1. The molecule has 0 radical (unpaired) electrons. The van der Waals surface area contributed by atoms with Crippen molar-refractivity contribution >= 4 is 28.9 Å². The molecule has 0 spiro atoms. The number of guanidine groups is 1. The van der Waals surface area contributed by atoms with Crippen LogP contribution in [-0.4, -0.2) is 29.4 Å². The Morgan fingerprint density at radius 1 is 1.36 bits per heavy atom. The molecule has 0 atom stereocenters. The van der Waals surface area contributed by atoms with Gasteiger partial charge in [0.05, 0.1) is 11.6 Å². The molecule has 6 heteroatoms. The fourth-order valence-corrected chi connectivity index (χ4v) is 2.88. The van der Waals surface area contributed by atoms with E-state index >= 15 is 0 Å². The molecule has 0 bridgehead atoms. The zero-order chi connectivity index (χ0) is 15.9. The van der Waals surface area contributed by atoms with E-state index in [0.29, 0.717) is 6.54 Å². The summed E-state index contributed by atoms with van der Waals surface area (Å²) in [7, 11) is 2.04. The SMILES string of the molecule is CCNC(=NCc1cnc(C)s1)N(C)Cc1ccc(Cl)cc1. The maximum Gasteiger partial charge on any atom is 0.194 e. The number of hydrogen-bond donors (Lipinski definition) is 1. The Kier molecular flexibility index (Phi) is 6.21. The lowest BCUT2D eigenvalue weighted by Crippen LogP contribution is -2.38. The van der Waals surface area contributed by atoms with Gasteiger partial charge in [0.1, 0.15) is 0 Å². The van der Waals surface area contributed by atoms with Crippen LogP contribution in [0.5, 0.6) is 0 Å². The first-order valence-electron chi connectivity index (χ1n) is 7.23. The van der Waals surface area contributed by atoms with Gasteiger partial charge < -0.3 is 10.2 Å². The molecule has 118 valence electrons. The lowest BCUT2D eigenvalue weighted by Gasteiger charge is -2.22. The summed E-state index contributed by atoms with van der Waals surface area (Å²) in [4.78, 5) is 12.2. The second-order valence-electron chi connectivity index (χ2n) is 5.00. The van der Waals surface area contributed by atoms with Crippen LogP contribution in [0.3, 0.4) is 0 Å². The van der Waals surface area contributed by atoms with E-state index in [4.69, 9.17) is 11.6 Å². The summed E-state index contributed by atoms with van der Waals surface area (Å²) in [5.41, 5.74) is 1.20. The molecule has 0 unspecified atom stereocenters. The Morgan fingerprint density at radius 3 is 2.68 bits per heavy atom. The van der Waals surface area contributed by atoms with E-state index < -0.39 is 0 Å². The molecule has 22 heavy (non-hydrogen) atoms. The molecular formula is C16H21ClN4S. The number of nitrogens with zero attached hydrogens (tertiary/aromatic N) is 3. The van der Waals surface area contributed by atoms with Gasteiger partial charge in [0.15, 0.2) is 5.96 Å². The van der Waals surface area contributed by atoms with Crippen molar-refractivity contribution in [3.63, 3.8) is 0 Å². The summed E-state index contributed by atoms with van der Waals surface area (Å²) in [5, 5.41) is 5.16. The maximum absolute atomic E-state index is 5.93. The van der Waals surface area contributed by atoms with Gasteiger partial charge in [-0.15, -0.1) is 11.3 Å². The first-order valence-corrected chi connectivity index (χ1v) is 8.43. The van der Waals surface area contributed by atoms with Crippen LogP contribution in [0.25, 0.3) is 0 Å². The standard InChI is InChI=1S/C16H21ClN4S/c1-4-18-16(20-10-15-9-19-12(2)22-15)21(3)11-13-5-7-14(17)8-6-13/h5-9H,4,10-11H2,1-3H3,(H,18,20). The molecule has 0 aliphatic rings. The molecule has 1 aromatic carbocycles. The van der Waals surface area contributed by atoms with E-state index in [1.54, 1.807) is 11.3 Å². The third kappa shape index (κ3) is 5.00. The van der Waals surface area contributed by atoms with Crippen LogP contribution in [-0.2, 0) is 13.1 Å². The van der Waals surface area contributed by atoms with Crippen molar-refractivity contribution in [3.8, 4) is 0 Å². The van der Waals surface area contributed by atoms with Crippen molar-refractivity contribution in [1.29, 1.82) is 0 Å². The molecule has 0 aliphatic carbocycles. The molecule has 0 saturated heterocycles. The zero-order valence-electron chi connectivity index (χ0n) is 13.1. The maximum atomic E-state index is 5.93. The van der Waals surface area contributed by atoms with Crippen LogP contribution in [0, 0.1) is 6.92 Å². The van der Waals surface area contributed by atoms with E-state index in [1.807, 2.05) is 44.4 Å². The van der Waals surface area contributed by atoms with Crippen LogP contribution in [0.4, 0.5) is 0 Å². The normalized spacial score (nSPS) is 11.5. The van der Waals surface area contributed by atoms with Crippen molar-refractivity contribution in [1.82, 2.24) is 15.2 Å². The number of aliphatic imine (C=N–C) groups is 1. The number of thiazole rings is 1. The third-order valence-corrected chi connectivity index (χ3v) is 4.23. The summed E-state index contributed by atoms with van der Waals surface area (Å²) in [6, 6.07) is 7.90. The molecular weight excluding hydrogens is 316 g/mol. The average molecular weight is 337 g/mol. The zero-order valence-corrected chi connectivity index (χ0v) is 14.7. The van der Waals surface area contributed by atoms with E-state index in [9.17, 15) is 0 Å². The van der Waals surface area contributed by atoms with E-state index in [2.05, 4.69) is 27.1 Å². The summed E-state index contributed by atoms with van der Waals surface area (Å²) in [6.45, 7) is 6.35. The molecule has 0 saturated carbocycles. The molecule has 4 nitrogen and oxygen atoms in total. The summed E-state index contributed by atoms with van der Waals surface area (Å²) in [6.07, 6.45) is 1.90. The van der Waals surface area contributed by atoms with E-state index in [0.717, 1.165) is 29.1 Å². The van der Waals surface area contributed by atoms with E-state index in [1.165, 1.54) is 10.4 Å². The fraction of sp³-hybridized carbons (Fsp3) is 0.375. The highest BCUT2D eigenvalue weighted by Crippen LogP contribution is 2.13. The molecule has 0 aliphatic heterocycles. The Bertz CT molecular complexity index is 621. The quantitative estimate of drug-likeness (QED) is 0.668. The molecule has 1 heterocycles. The van der Waals surface area contributed by atoms with Crippen LogP contribution in [0.15, 0.2) is 35.5 Å². The topological polar surface area (TPSA) is 40.5 Å². The number of aryl methyl sites for hydroxylation is 1.